The van der Waals surface area contributed by atoms with Gasteiger partial charge >= 0.3 is 5.97 Å². The molecule has 1 atom stereocenters. The van der Waals surface area contributed by atoms with E-state index in [9.17, 15) is 14.7 Å². The molecule has 2 aromatic rings. The average Bonchev–Trinajstić information content (AvgIpc) is 3.08. The summed E-state index contributed by atoms with van der Waals surface area (Å²) in [6, 6.07) is 11.7. The Hall–Kier alpha value is -2.35. The molecule has 1 aliphatic heterocycles. The van der Waals surface area contributed by atoms with Crippen LogP contribution in [0.25, 0.3) is 0 Å². The molecule has 0 aromatic heterocycles. The number of aryl methyl sites for hydroxylation is 1. The average molecular weight is 500 g/mol. The summed E-state index contributed by atoms with van der Waals surface area (Å²) in [5.41, 5.74) is 3.94. The van der Waals surface area contributed by atoms with Crippen LogP contribution in [-0.4, -0.2) is 43.0 Å². The Kier molecular flexibility index (Phi) is 9.39. The summed E-state index contributed by atoms with van der Waals surface area (Å²) < 4.78 is 11.4. The Balaban J connectivity index is 1.79. The smallest absolute Gasteiger partial charge is 0.335 e. The van der Waals surface area contributed by atoms with E-state index in [0.717, 1.165) is 59.4 Å². The Morgan fingerprint density at radius 2 is 1.83 bits per heavy atom. The maximum Gasteiger partial charge on any atom is 0.335 e. The quantitative estimate of drug-likeness (QED) is 0.206. The lowest BCUT2D eigenvalue weighted by Crippen LogP contribution is -2.43. The Labute approximate surface area is 213 Å². The van der Waals surface area contributed by atoms with E-state index in [1.807, 2.05) is 31.2 Å². The number of thioether (sulfide) groups is 1. The molecule has 7 heteroatoms. The molecule has 2 aromatic carbocycles. The summed E-state index contributed by atoms with van der Waals surface area (Å²) >= 11 is 1.72. The van der Waals surface area contributed by atoms with E-state index in [1.165, 1.54) is 14.2 Å². The maximum atomic E-state index is 13.3. The lowest BCUT2D eigenvalue weighted by Gasteiger charge is -2.25. The van der Waals surface area contributed by atoms with Crippen LogP contribution in [0.15, 0.2) is 41.3 Å². The molecule has 0 aliphatic carbocycles. The van der Waals surface area contributed by atoms with Crippen molar-refractivity contribution in [3.05, 3.63) is 58.7 Å². The standard InChI is InChI=1S/C28H37NO5S/c1-6-8-9-10-15-29-25-14-12-22(18-24(25)28(33-4,34-5)27(29)32)35-19(3)16-20-11-13-23(26(30)31)21(7-2)17-20/h11-14,17-19H,6-10,15-16H2,1-5H3,(H,30,31). The van der Waals surface area contributed by atoms with Crippen molar-refractivity contribution >= 4 is 29.3 Å². The molecule has 0 fully saturated rings. The fourth-order valence-electron chi connectivity index (χ4n) is 4.77. The first kappa shape index (κ1) is 27.2. The number of hydrogen-bond donors (Lipinski definition) is 1. The zero-order chi connectivity index (χ0) is 25.6. The highest BCUT2D eigenvalue weighted by molar-refractivity contribution is 8.00. The molecule has 1 heterocycles. The number of carbonyl (C=O) groups is 2. The van der Waals surface area contributed by atoms with E-state index in [4.69, 9.17) is 9.47 Å². The lowest BCUT2D eigenvalue weighted by molar-refractivity contribution is -0.209. The van der Waals surface area contributed by atoms with E-state index >= 15 is 0 Å². The van der Waals surface area contributed by atoms with Crippen LogP contribution in [0, 0.1) is 0 Å². The van der Waals surface area contributed by atoms with Crippen molar-refractivity contribution in [2.75, 3.05) is 25.7 Å². The zero-order valence-electron chi connectivity index (χ0n) is 21.4. The van der Waals surface area contributed by atoms with Crippen molar-refractivity contribution in [1.29, 1.82) is 0 Å². The third kappa shape index (κ3) is 5.74. The second kappa shape index (κ2) is 12.1. The fraction of sp³-hybridized carbons (Fsp3) is 0.500. The number of fused-ring (bicyclic) bond motifs is 1. The largest absolute Gasteiger partial charge is 0.478 e. The molecule has 35 heavy (non-hydrogen) atoms. The first-order chi connectivity index (χ1) is 16.8. The predicted octanol–water partition coefficient (Wildman–Crippen LogP) is 6.04. The second-order valence-electron chi connectivity index (χ2n) is 9.00. The van der Waals surface area contributed by atoms with Gasteiger partial charge in [-0.15, -0.1) is 11.8 Å². The van der Waals surface area contributed by atoms with Crippen molar-refractivity contribution in [2.24, 2.45) is 0 Å². The minimum Gasteiger partial charge on any atom is -0.478 e. The normalized spacial score (nSPS) is 15.3. The zero-order valence-corrected chi connectivity index (χ0v) is 22.2. The van der Waals surface area contributed by atoms with Crippen LogP contribution in [0.1, 0.15) is 73.5 Å². The molecular formula is C28H37NO5S. The number of hydrogen-bond acceptors (Lipinski definition) is 5. The number of amides is 1. The summed E-state index contributed by atoms with van der Waals surface area (Å²) in [7, 11) is 3.03. The van der Waals surface area contributed by atoms with Crippen LogP contribution in [0.3, 0.4) is 0 Å². The highest BCUT2D eigenvalue weighted by Crippen LogP contribution is 2.45. The molecule has 1 amide bonds. The highest BCUT2D eigenvalue weighted by atomic mass is 32.2. The summed E-state index contributed by atoms with van der Waals surface area (Å²) in [6.45, 7) is 6.95. The predicted molar refractivity (Wildman–Crippen MR) is 140 cm³/mol. The van der Waals surface area contributed by atoms with Crippen LogP contribution in [0.4, 0.5) is 5.69 Å². The number of aromatic carboxylic acids is 1. The lowest BCUT2D eigenvalue weighted by atomic mass is 10.00. The van der Waals surface area contributed by atoms with Crippen molar-refractivity contribution in [3.8, 4) is 0 Å². The number of ether oxygens (including phenoxy) is 2. The number of methoxy groups -OCH3 is 2. The molecular weight excluding hydrogens is 462 g/mol. The van der Waals surface area contributed by atoms with Gasteiger partial charge in [-0.25, -0.2) is 4.79 Å². The van der Waals surface area contributed by atoms with Gasteiger partial charge in [0.15, 0.2) is 0 Å². The third-order valence-corrected chi connectivity index (χ3v) is 7.69. The molecule has 0 radical (unpaired) electrons. The number of rotatable bonds is 13. The second-order valence-corrected chi connectivity index (χ2v) is 10.5. The number of unbranched alkanes of at least 4 members (excludes halogenated alkanes) is 3. The number of benzene rings is 2. The van der Waals surface area contributed by atoms with E-state index in [2.05, 4.69) is 19.9 Å². The first-order valence-corrected chi connectivity index (χ1v) is 13.3. The molecule has 1 aliphatic rings. The number of carboxylic acids is 1. The summed E-state index contributed by atoms with van der Waals surface area (Å²) in [4.78, 5) is 27.6. The van der Waals surface area contributed by atoms with Gasteiger partial charge < -0.3 is 19.5 Å². The number of carbonyl (C=O) groups excluding carboxylic acids is 1. The monoisotopic (exact) mass is 499 g/mol. The number of carboxylic acid groups (broad SMARTS) is 1. The maximum absolute atomic E-state index is 13.3. The van der Waals surface area contributed by atoms with E-state index in [1.54, 1.807) is 22.7 Å². The SMILES string of the molecule is CCCCCCN1C(=O)C(OC)(OC)c2cc(SC(C)Cc3ccc(C(=O)O)c(CC)c3)ccc21. The van der Waals surface area contributed by atoms with E-state index in [0.29, 0.717) is 18.5 Å². The Bertz CT molecular complexity index is 1050. The molecule has 190 valence electrons. The highest BCUT2D eigenvalue weighted by Gasteiger charge is 2.52. The van der Waals surface area contributed by atoms with Gasteiger partial charge in [-0.05, 0) is 54.7 Å². The van der Waals surface area contributed by atoms with Gasteiger partial charge in [0.2, 0.25) is 0 Å². The minimum atomic E-state index is -1.41. The van der Waals surface area contributed by atoms with Gasteiger partial charge in [0.05, 0.1) is 11.3 Å². The molecule has 6 nitrogen and oxygen atoms in total. The van der Waals surface area contributed by atoms with E-state index < -0.39 is 11.8 Å². The van der Waals surface area contributed by atoms with Crippen LogP contribution in [0.2, 0.25) is 0 Å². The number of nitrogens with zero attached hydrogens (tertiary/aromatic N) is 1. The molecule has 3 rings (SSSR count). The summed E-state index contributed by atoms with van der Waals surface area (Å²) in [6.07, 6.45) is 5.81. The molecule has 0 saturated carbocycles. The van der Waals surface area contributed by atoms with Crippen molar-refractivity contribution < 1.29 is 24.2 Å². The van der Waals surface area contributed by atoms with Gasteiger partial charge in [0.25, 0.3) is 11.7 Å². The number of anilines is 1. The van der Waals surface area contributed by atoms with Crippen molar-refractivity contribution in [1.82, 2.24) is 0 Å². The van der Waals surface area contributed by atoms with Gasteiger partial charge in [0.1, 0.15) is 0 Å². The molecule has 1 N–H and O–H groups in total. The molecule has 0 spiro atoms. The fourth-order valence-corrected chi connectivity index (χ4v) is 5.84. The van der Waals surface area contributed by atoms with Crippen LogP contribution < -0.4 is 4.90 Å². The van der Waals surface area contributed by atoms with E-state index in [-0.39, 0.29) is 11.2 Å². The van der Waals surface area contributed by atoms with Crippen LogP contribution >= 0.6 is 11.8 Å². The van der Waals surface area contributed by atoms with Crippen molar-refractivity contribution in [3.63, 3.8) is 0 Å². The van der Waals surface area contributed by atoms with Gasteiger partial charge in [-0.2, -0.15) is 0 Å². The summed E-state index contributed by atoms with van der Waals surface area (Å²) in [5.74, 6) is -2.47. The first-order valence-electron chi connectivity index (χ1n) is 12.4. The van der Waals surface area contributed by atoms with Crippen LogP contribution in [0.5, 0.6) is 0 Å². The van der Waals surface area contributed by atoms with Gasteiger partial charge in [-0.3, -0.25) is 4.79 Å². The Morgan fingerprint density at radius 1 is 1.09 bits per heavy atom. The van der Waals surface area contributed by atoms with Gasteiger partial charge in [0, 0.05) is 36.5 Å². The van der Waals surface area contributed by atoms with Crippen molar-refractivity contribution in [2.45, 2.75) is 75.2 Å². The molecule has 1 unspecified atom stereocenters. The molecule has 0 bridgehead atoms. The Morgan fingerprint density at radius 3 is 2.46 bits per heavy atom. The minimum absolute atomic E-state index is 0.171. The van der Waals surface area contributed by atoms with Gasteiger partial charge in [-0.1, -0.05) is 52.2 Å². The van der Waals surface area contributed by atoms with Crippen LogP contribution in [-0.2, 0) is 32.9 Å². The topological polar surface area (TPSA) is 76.1 Å². The third-order valence-electron chi connectivity index (χ3n) is 6.59. The summed E-state index contributed by atoms with van der Waals surface area (Å²) in [5, 5.41) is 9.63. The molecule has 0 saturated heterocycles.